The zero-order chi connectivity index (χ0) is 10.4. The fourth-order valence-electron chi connectivity index (χ4n) is 1.27. The van der Waals surface area contributed by atoms with Gasteiger partial charge in [-0.2, -0.15) is 5.26 Å². The average molecular weight is 273 g/mol. The fourth-order valence-corrected chi connectivity index (χ4v) is 2.79. The number of nitriles is 1. The maximum absolute atomic E-state index is 8.66. The quantitative estimate of drug-likeness (QED) is 0.770. The van der Waals surface area contributed by atoms with Gasteiger partial charge in [0.2, 0.25) is 0 Å². The third-order valence-corrected chi connectivity index (χ3v) is 3.80. The highest BCUT2D eigenvalue weighted by Gasteiger charge is 2.07. The van der Waals surface area contributed by atoms with E-state index in [2.05, 4.69) is 45.3 Å². The Kier molecular flexibility index (Phi) is 5.16. The van der Waals surface area contributed by atoms with Gasteiger partial charge in [-0.15, -0.1) is 11.3 Å². The SMILES string of the molecule is CCCN(CC#N)Cc1sccc1Br. The Morgan fingerprint density at radius 2 is 2.43 bits per heavy atom. The van der Waals surface area contributed by atoms with E-state index < -0.39 is 0 Å². The second kappa shape index (κ2) is 6.18. The molecule has 0 N–H and O–H groups in total. The molecule has 0 radical (unpaired) electrons. The molecule has 14 heavy (non-hydrogen) atoms. The maximum atomic E-state index is 8.66. The third-order valence-electron chi connectivity index (χ3n) is 1.89. The van der Waals surface area contributed by atoms with E-state index >= 15 is 0 Å². The Hall–Kier alpha value is -0.370. The highest BCUT2D eigenvalue weighted by molar-refractivity contribution is 9.10. The van der Waals surface area contributed by atoms with Gasteiger partial charge in [0, 0.05) is 15.9 Å². The Morgan fingerprint density at radius 3 is 2.93 bits per heavy atom. The number of hydrogen-bond acceptors (Lipinski definition) is 3. The van der Waals surface area contributed by atoms with Crippen molar-refractivity contribution in [2.45, 2.75) is 19.9 Å². The third kappa shape index (κ3) is 3.41. The van der Waals surface area contributed by atoms with Crippen LogP contribution in [0.25, 0.3) is 0 Å². The average Bonchev–Trinajstić information content (AvgIpc) is 2.53. The summed E-state index contributed by atoms with van der Waals surface area (Å²) in [5, 5.41) is 10.7. The predicted molar refractivity (Wildman–Crippen MR) is 63.2 cm³/mol. The monoisotopic (exact) mass is 272 g/mol. The molecule has 0 spiro atoms. The smallest absolute Gasteiger partial charge is 0.0869 e. The van der Waals surface area contributed by atoms with Crippen LogP contribution in [0.4, 0.5) is 0 Å². The highest BCUT2D eigenvalue weighted by Crippen LogP contribution is 2.24. The number of halogens is 1. The predicted octanol–water partition coefficient (Wildman–Crippen LogP) is 3.25. The summed E-state index contributed by atoms with van der Waals surface area (Å²) in [5.41, 5.74) is 0. The van der Waals surface area contributed by atoms with E-state index in [0.29, 0.717) is 6.54 Å². The summed E-state index contributed by atoms with van der Waals surface area (Å²) in [7, 11) is 0. The molecule has 76 valence electrons. The molecule has 1 aromatic rings. The van der Waals surface area contributed by atoms with Gasteiger partial charge in [0.05, 0.1) is 12.6 Å². The van der Waals surface area contributed by atoms with Gasteiger partial charge in [-0.3, -0.25) is 4.90 Å². The van der Waals surface area contributed by atoms with Gasteiger partial charge in [-0.25, -0.2) is 0 Å². The lowest BCUT2D eigenvalue weighted by atomic mass is 10.3. The molecule has 0 aliphatic rings. The molecule has 1 heterocycles. The number of hydrogen-bond donors (Lipinski definition) is 0. The summed E-state index contributed by atoms with van der Waals surface area (Å²) < 4.78 is 1.15. The minimum Gasteiger partial charge on any atom is -0.285 e. The van der Waals surface area contributed by atoms with Crippen LogP contribution in [-0.4, -0.2) is 18.0 Å². The van der Waals surface area contributed by atoms with Gasteiger partial charge in [0.25, 0.3) is 0 Å². The Balaban J connectivity index is 2.56. The first-order valence-electron chi connectivity index (χ1n) is 4.59. The molecular weight excluding hydrogens is 260 g/mol. The second-order valence-electron chi connectivity index (χ2n) is 3.06. The van der Waals surface area contributed by atoms with Crippen LogP contribution in [-0.2, 0) is 6.54 Å². The summed E-state index contributed by atoms with van der Waals surface area (Å²) in [6.07, 6.45) is 1.09. The summed E-state index contributed by atoms with van der Waals surface area (Å²) in [4.78, 5) is 3.46. The number of nitrogens with zero attached hydrogens (tertiary/aromatic N) is 2. The molecule has 0 aliphatic heterocycles. The van der Waals surface area contributed by atoms with Crippen LogP contribution in [0.15, 0.2) is 15.9 Å². The zero-order valence-corrected chi connectivity index (χ0v) is 10.6. The van der Waals surface area contributed by atoms with Crippen molar-refractivity contribution in [3.8, 4) is 6.07 Å². The lowest BCUT2D eigenvalue weighted by Gasteiger charge is -2.17. The van der Waals surface area contributed by atoms with Crippen molar-refractivity contribution in [1.82, 2.24) is 4.90 Å². The minimum atomic E-state index is 0.512. The second-order valence-corrected chi connectivity index (χ2v) is 4.92. The topological polar surface area (TPSA) is 27.0 Å². The van der Waals surface area contributed by atoms with Crippen molar-refractivity contribution < 1.29 is 0 Å². The molecule has 1 aromatic heterocycles. The highest BCUT2D eigenvalue weighted by atomic mass is 79.9. The van der Waals surface area contributed by atoms with E-state index in [1.807, 2.05) is 0 Å². The van der Waals surface area contributed by atoms with Crippen molar-refractivity contribution in [1.29, 1.82) is 5.26 Å². The van der Waals surface area contributed by atoms with Crippen LogP contribution in [0, 0.1) is 11.3 Å². The standard InChI is InChI=1S/C10H13BrN2S/c1-2-5-13(6-4-12)8-10-9(11)3-7-14-10/h3,7H,2,5-6,8H2,1H3. The van der Waals surface area contributed by atoms with E-state index in [0.717, 1.165) is 24.0 Å². The molecule has 1 rings (SSSR count). The summed E-state index contributed by atoms with van der Waals surface area (Å²) >= 11 is 5.23. The Morgan fingerprint density at radius 1 is 1.64 bits per heavy atom. The molecule has 4 heteroatoms. The Bertz CT molecular complexity index is 316. The lowest BCUT2D eigenvalue weighted by molar-refractivity contribution is 0.300. The molecule has 0 bridgehead atoms. The Labute approximate surface area is 97.3 Å². The van der Waals surface area contributed by atoms with Crippen LogP contribution in [0.1, 0.15) is 18.2 Å². The van der Waals surface area contributed by atoms with E-state index in [1.54, 1.807) is 11.3 Å². The van der Waals surface area contributed by atoms with Crippen LogP contribution >= 0.6 is 27.3 Å². The first kappa shape index (κ1) is 11.7. The van der Waals surface area contributed by atoms with Crippen LogP contribution in [0.2, 0.25) is 0 Å². The molecule has 0 atom stereocenters. The van der Waals surface area contributed by atoms with E-state index in [9.17, 15) is 0 Å². The minimum absolute atomic E-state index is 0.512. The van der Waals surface area contributed by atoms with Crippen LogP contribution in [0.5, 0.6) is 0 Å². The molecule has 0 fully saturated rings. The summed E-state index contributed by atoms with van der Waals surface area (Å²) in [5.74, 6) is 0. The van der Waals surface area contributed by atoms with Gasteiger partial charge < -0.3 is 0 Å². The van der Waals surface area contributed by atoms with Crippen molar-refractivity contribution in [2.24, 2.45) is 0 Å². The van der Waals surface area contributed by atoms with Gasteiger partial charge >= 0.3 is 0 Å². The number of thiophene rings is 1. The normalized spacial score (nSPS) is 10.4. The molecule has 0 saturated carbocycles. The molecule has 0 aliphatic carbocycles. The molecule has 0 saturated heterocycles. The fraction of sp³-hybridized carbons (Fsp3) is 0.500. The first-order valence-corrected chi connectivity index (χ1v) is 6.26. The van der Waals surface area contributed by atoms with Gasteiger partial charge in [-0.05, 0) is 40.3 Å². The molecular formula is C10H13BrN2S. The summed E-state index contributed by atoms with van der Waals surface area (Å²) in [6.45, 7) is 4.50. The number of rotatable bonds is 5. The van der Waals surface area contributed by atoms with E-state index in [1.165, 1.54) is 4.88 Å². The lowest BCUT2D eigenvalue weighted by Crippen LogP contribution is -2.24. The molecule has 0 unspecified atom stereocenters. The first-order chi connectivity index (χ1) is 6.77. The van der Waals surface area contributed by atoms with E-state index in [-0.39, 0.29) is 0 Å². The van der Waals surface area contributed by atoms with Gasteiger partial charge in [0.1, 0.15) is 0 Å². The van der Waals surface area contributed by atoms with Crippen molar-refractivity contribution in [3.63, 3.8) is 0 Å². The zero-order valence-electron chi connectivity index (χ0n) is 8.16. The largest absolute Gasteiger partial charge is 0.285 e. The molecule has 2 nitrogen and oxygen atoms in total. The van der Waals surface area contributed by atoms with Crippen molar-refractivity contribution in [3.05, 3.63) is 20.8 Å². The van der Waals surface area contributed by atoms with Crippen LogP contribution < -0.4 is 0 Å². The van der Waals surface area contributed by atoms with Crippen molar-refractivity contribution in [2.75, 3.05) is 13.1 Å². The van der Waals surface area contributed by atoms with E-state index in [4.69, 9.17) is 5.26 Å². The summed E-state index contributed by atoms with van der Waals surface area (Å²) in [6, 6.07) is 4.25. The molecule has 0 amide bonds. The van der Waals surface area contributed by atoms with Crippen LogP contribution in [0.3, 0.4) is 0 Å². The molecule has 0 aromatic carbocycles. The van der Waals surface area contributed by atoms with Gasteiger partial charge in [0.15, 0.2) is 0 Å². The van der Waals surface area contributed by atoms with Gasteiger partial charge in [-0.1, -0.05) is 6.92 Å². The maximum Gasteiger partial charge on any atom is 0.0869 e. The van der Waals surface area contributed by atoms with Crippen molar-refractivity contribution >= 4 is 27.3 Å².